The fourth-order valence-electron chi connectivity index (χ4n) is 3.30. The molecular weight excluding hydrogens is 314 g/mol. The van der Waals surface area contributed by atoms with Gasteiger partial charge in [-0.05, 0) is 37.3 Å². The number of piperidine rings is 1. The Morgan fingerprint density at radius 1 is 1.13 bits per heavy atom. The third kappa shape index (κ3) is 4.25. The topological polar surface area (TPSA) is 63.7 Å². The van der Waals surface area contributed by atoms with Crippen molar-refractivity contribution >= 4 is 15.7 Å². The Kier molecular flexibility index (Phi) is 4.90. The van der Waals surface area contributed by atoms with E-state index in [1.54, 1.807) is 0 Å². The Morgan fingerprint density at radius 2 is 1.83 bits per heavy atom. The second-order valence-corrected chi connectivity index (χ2v) is 8.72. The second-order valence-electron chi connectivity index (χ2n) is 6.49. The van der Waals surface area contributed by atoms with Crippen molar-refractivity contribution in [2.24, 2.45) is 11.8 Å². The second kappa shape index (κ2) is 6.91. The van der Waals surface area contributed by atoms with Crippen LogP contribution in [0.5, 0.6) is 5.75 Å². The Balaban J connectivity index is 1.44. The summed E-state index contributed by atoms with van der Waals surface area (Å²) in [6.45, 7) is 2.08. The van der Waals surface area contributed by atoms with Gasteiger partial charge in [-0.15, -0.1) is 0 Å². The molecule has 1 amide bonds. The first-order chi connectivity index (χ1) is 11.0. The minimum Gasteiger partial charge on any atom is -0.493 e. The minimum absolute atomic E-state index is 0.0218. The SMILES string of the molecule is O=C([C@H]1CCS(=O)(=O)C1)N1CCC(COc2ccccc2)CC1. The van der Waals surface area contributed by atoms with E-state index in [2.05, 4.69) is 0 Å². The van der Waals surface area contributed by atoms with Crippen LogP contribution in [0.25, 0.3) is 0 Å². The van der Waals surface area contributed by atoms with E-state index in [-0.39, 0.29) is 23.3 Å². The lowest BCUT2D eigenvalue weighted by molar-refractivity contribution is -0.136. The number of sulfone groups is 1. The number of amides is 1. The third-order valence-electron chi connectivity index (χ3n) is 4.74. The number of likely N-dealkylation sites (tertiary alicyclic amines) is 1. The molecule has 2 fully saturated rings. The average Bonchev–Trinajstić information content (AvgIpc) is 2.94. The molecule has 0 unspecified atom stereocenters. The van der Waals surface area contributed by atoms with Crippen LogP contribution in [-0.2, 0) is 14.6 Å². The number of benzene rings is 1. The lowest BCUT2D eigenvalue weighted by Gasteiger charge is -2.33. The van der Waals surface area contributed by atoms with Gasteiger partial charge in [0.2, 0.25) is 5.91 Å². The molecule has 5 nitrogen and oxygen atoms in total. The number of carbonyl (C=O) groups is 1. The first-order valence-corrected chi connectivity index (χ1v) is 10.0. The molecule has 3 rings (SSSR count). The zero-order valence-electron chi connectivity index (χ0n) is 13.2. The fraction of sp³-hybridized carbons (Fsp3) is 0.588. The largest absolute Gasteiger partial charge is 0.493 e. The summed E-state index contributed by atoms with van der Waals surface area (Å²) in [4.78, 5) is 14.2. The van der Waals surface area contributed by atoms with E-state index in [1.807, 2.05) is 35.2 Å². The summed E-state index contributed by atoms with van der Waals surface area (Å²) in [6, 6.07) is 9.75. The number of ether oxygens (including phenoxy) is 1. The molecule has 0 spiro atoms. The Labute approximate surface area is 137 Å². The molecule has 2 saturated heterocycles. The number of hydrogen-bond acceptors (Lipinski definition) is 4. The van der Waals surface area contributed by atoms with Crippen LogP contribution in [0.15, 0.2) is 30.3 Å². The van der Waals surface area contributed by atoms with Gasteiger partial charge in [0.05, 0.1) is 24.0 Å². The Morgan fingerprint density at radius 3 is 2.43 bits per heavy atom. The summed E-state index contributed by atoms with van der Waals surface area (Å²) in [5, 5.41) is 0. The van der Waals surface area contributed by atoms with Gasteiger partial charge < -0.3 is 9.64 Å². The van der Waals surface area contributed by atoms with E-state index in [0.717, 1.165) is 18.6 Å². The Bertz CT molecular complexity index is 636. The standard InChI is InChI=1S/C17H23NO4S/c19-17(15-8-11-23(20,21)13-15)18-9-6-14(7-10-18)12-22-16-4-2-1-3-5-16/h1-5,14-15H,6-13H2/t15-/m0/s1. The first kappa shape index (κ1) is 16.3. The number of hydrogen-bond donors (Lipinski definition) is 0. The van der Waals surface area contributed by atoms with Gasteiger partial charge in [-0.3, -0.25) is 4.79 Å². The summed E-state index contributed by atoms with van der Waals surface area (Å²) < 4.78 is 28.8. The van der Waals surface area contributed by atoms with E-state index < -0.39 is 9.84 Å². The quantitative estimate of drug-likeness (QED) is 0.839. The van der Waals surface area contributed by atoms with E-state index in [4.69, 9.17) is 4.74 Å². The average molecular weight is 337 g/mol. The molecule has 126 valence electrons. The number of para-hydroxylation sites is 1. The number of rotatable bonds is 4. The fourth-order valence-corrected chi connectivity index (χ4v) is 5.03. The van der Waals surface area contributed by atoms with Crippen molar-refractivity contribution in [3.8, 4) is 5.75 Å². The molecule has 1 aromatic rings. The Hall–Kier alpha value is -1.56. The van der Waals surface area contributed by atoms with Crippen LogP contribution in [-0.4, -0.2) is 50.4 Å². The molecule has 1 atom stereocenters. The maximum atomic E-state index is 12.4. The zero-order valence-corrected chi connectivity index (χ0v) is 14.0. The van der Waals surface area contributed by atoms with E-state index in [1.165, 1.54) is 0 Å². The molecule has 6 heteroatoms. The molecule has 2 aliphatic rings. The van der Waals surface area contributed by atoms with Crippen molar-refractivity contribution in [1.29, 1.82) is 0 Å². The highest BCUT2D eigenvalue weighted by Crippen LogP contribution is 2.25. The lowest BCUT2D eigenvalue weighted by Crippen LogP contribution is -2.43. The lowest BCUT2D eigenvalue weighted by atomic mass is 9.96. The van der Waals surface area contributed by atoms with Crippen molar-refractivity contribution in [3.05, 3.63) is 30.3 Å². The van der Waals surface area contributed by atoms with E-state index in [9.17, 15) is 13.2 Å². The molecule has 2 aliphatic heterocycles. The number of nitrogens with zero attached hydrogens (tertiary/aromatic N) is 1. The van der Waals surface area contributed by atoms with E-state index in [0.29, 0.717) is 32.0 Å². The molecular formula is C17H23NO4S. The van der Waals surface area contributed by atoms with Crippen molar-refractivity contribution in [2.45, 2.75) is 19.3 Å². The first-order valence-electron chi connectivity index (χ1n) is 8.20. The molecule has 0 N–H and O–H groups in total. The van der Waals surface area contributed by atoms with Gasteiger partial charge in [0.1, 0.15) is 5.75 Å². The zero-order chi connectivity index (χ0) is 16.3. The summed E-state index contributed by atoms with van der Waals surface area (Å²) in [7, 11) is -3.00. The molecule has 0 radical (unpaired) electrons. The third-order valence-corrected chi connectivity index (χ3v) is 6.50. The van der Waals surface area contributed by atoms with Gasteiger partial charge in [-0.1, -0.05) is 18.2 Å². The summed E-state index contributed by atoms with van der Waals surface area (Å²) in [5.41, 5.74) is 0. The monoisotopic (exact) mass is 337 g/mol. The normalized spacial score (nSPS) is 24.5. The van der Waals surface area contributed by atoms with Crippen molar-refractivity contribution in [2.75, 3.05) is 31.2 Å². The van der Waals surface area contributed by atoms with Gasteiger partial charge in [0, 0.05) is 13.1 Å². The highest BCUT2D eigenvalue weighted by Gasteiger charge is 2.36. The summed E-state index contributed by atoms with van der Waals surface area (Å²) in [5.74, 6) is 1.22. The molecule has 0 aliphatic carbocycles. The molecule has 2 heterocycles. The summed E-state index contributed by atoms with van der Waals surface area (Å²) >= 11 is 0. The van der Waals surface area contributed by atoms with Gasteiger partial charge in [-0.25, -0.2) is 8.42 Å². The highest BCUT2D eigenvalue weighted by molar-refractivity contribution is 7.91. The maximum Gasteiger partial charge on any atom is 0.226 e. The van der Waals surface area contributed by atoms with Crippen molar-refractivity contribution in [3.63, 3.8) is 0 Å². The molecule has 23 heavy (non-hydrogen) atoms. The smallest absolute Gasteiger partial charge is 0.226 e. The minimum atomic E-state index is -3.00. The number of carbonyl (C=O) groups excluding carboxylic acids is 1. The molecule has 0 aromatic heterocycles. The van der Waals surface area contributed by atoms with Crippen LogP contribution in [0, 0.1) is 11.8 Å². The van der Waals surface area contributed by atoms with Crippen molar-refractivity contribution in [1.82, 2.24) is 4.90 Å². The van der Waals surface area contributed by atoms with Gasteiger partial charge in [0.25, 0.3) is 0 Å². The van der Waals surface area contributed by atoms with Crippen LogP contribution in [0.4, 0.5) is 0 Å². The van der Waals surface area contributed by atoms with Crippen LogP contribution >= 0.6 is 0 Å². The predicted octanol–water partition coefficient (Wildman–Crippen LogP) is 1.74. The van der Waals surface area contributed by atoms with Crippen LogP contribution < -0.4 is 4.74 Å². The summed E-state index contributed by atoms with van der Waals surface area (Å²) in [6.07, 6.45) is 2.31. The van der Waals surface area contributed by atoms with E-state index >= 15 is 0 Å². The van der Waals surface area contributed by atoms with Gasteiger partial charge in [-0.2, -0.15) is 0 Å². The molecule has 1 aromatic carbocycles. The van der Waals surface area contributed by atoms with Crippen LogP contribution in [0.1, 0.15) is 19.3 Å². The van der Waals surface area contributed by atoms with Gasteiger partial charge in [0.15, 0.2) is 9.84 Å². The maximum absolute atomic E-state index is 12.4. The van der Waals surface area contributed by atoms with Crippen LogP contribution in [0.3, 0.4) is 0 Å². The van der Waals surface area contributed by atoms with Gasteiger partial charge >= 0.3 is 0 Å². The molecule has 0 bridgehead atoms. The molecule has 0 saturated carbocycles. The highest BCUT2D eigenvalue weighted by atomic mass is 32.2. The van der Waals surface area contributed by atoms with Crippen LogP contribution in [0.2, 0.25) is 0 Å². The van der Waals surface area contributed by atoms with Crippen molar-refractivity contribution < 1.29 is 17.9 Å². The predicted molar refractivity (Wildman–Crippen MR) is 88.0 cm³/mol.